The summed E-state index contributed by atoms with van der Waals surface area (Å²) in [6, 6.07) is 1.85. The molecule has 2 heterocycles. The molecule has 0 saturated carbocycles. The van der Waals surface area contributed by atoms with E-state index in [9.17, 15) is 4.21 Å². The number of nitrogen functional groups attached to an aromatic ring is 1. The first-order valence-electron chi connectivity index (χ1n) is 6.37. The van der Waals surface area contributed by atoms with E-state index in [4.69, 9.17) is 10.5 Å². The number of methoxy groups -OCH3 is 1. The van der Waals surface area contributed by atoms with Gasteiger partial charge >= 0.3 is 0 Å². The van der Waals surface area contributed by atoms with E-state index in [0.717, 1.165) is 29.4 Å². The second-order valence-electron chi connectivity index (χ2n) is 4.34. The molecule has 0 amide bonds. The lowest BCUT2D eigenvalue weighted by molar-refractivity contribution is 0.411. The maximum absolute atomic E-state index is 11.2. The molecule has 0 fully saturated rings. The molecule has 0 aliphatic carbocycles. The summed E-state index contributed by atoms with van der Waals surface area (Å²) < 4.78 is 24.6. The molecule has 114 valence electrons. The van der Waals surface area contributed by atoms with Gasteiger partial charge in [-0.3, -0.25) is 4.98 Å². The van der Waals surface area contributed by atoms with Crippen molar-refractivity contribution in [2.75, 3.05) is 19.4 Å². The molecule has 0 aromatic carbocycles. The van der Waals surface area contributed by atoms with E-state index in [1.54, 1.807) is 6.20 Å². The lowest BCUT2D eigenvalue weighted by atomic mass is 10.1. The van der Waals surface area contributed by atoms with Gasteiger partial charge in [0.1, 0.15) is 0 Å². The maximum atomic E-state index is 11.2. The van der Waals surface area contributed by atoms with Crippen LogP contribution in [-0.4, -0.2) is 34.6 Å². The van der Waals surface area contributed by atoms with Crippen LogP contribution in [0, 0.1) is 0 Å². The highest BCUT2D eigenvalue weighted by Crippen LogP contribution is 2.17. The van der Waals surface area contributed by atoms with E-state index in [1.807, 2.05) is 6.07 Å². The molecular weight excluding hydrogens is 358 g/mol. The van der Waals surface area contributed by atoms with E-state index in [0.29, 0.717) is 18.1 Å². The SMILES string of the molecule is COC1=NS(=O)N=C1NCCCCc1ncc(Br)cc1N. The van der Waals surface area contributed by atoms with Gasteiger partial charge in [-0.25, -0.2) is 4.21 Å². The van der Waals surface area contributed by atoms with Crippen LogP contribution < -0.4 is 11.1 Å². The number of nitrogens with zero attached hydrogens (tertiary/aromatic N) is 3. The average Bonchev–Trinajstić information content (AvgIpc) is 2.81. The van der Waals surface area contributed by atoms with Gasteiger partial charge in [0.25, 0.3) is 17.1 Å². The van der Waals surface area contributed by atoms with Gasteiger partial charge in [0, 0.05) is 17.2 Å². The Hall–Kier alpha value is -1.48. The van der Waals surface area contributed by atoms with Crippen molar-refractivity contribution < 1.29 is 8.95 Å². The van der Waals surface area contributed by atoms with Crippen LogP contribution in [0.1, 0.15) is 18.5 Å². The molecule has 1 aromatic rings. The van der Waals surface area contributed by atoms with E-state index in [1.165, 1.54) is 7.11 Å². The summed E-state index contributed by atoms with van der Waals surface area (Å²) in [5.41, 5.74) is 7.49. The molecule has 0 spiro atoms. The highest BCUT2D eigenvalue weighted by Gasteiger charge is 2.18. The van der Waals surface area contributed by atoms with Crippen LogP contribution in [0.4, 0.5) is 5.69 Å². The van der Waals surface area contributed by atoms with Gasteiger partial charge < -0.3 is 15.8 Å². The Labute approximate surface area is 134 Å². The molecule has 0 saturated heterocycles. The quantitative estimate of drug-likeness (QED) is 0.758. The summed E-state index contributed by atoms with van der Waals surface area (Å²) in [5.74, 6) is 0.726. The number of unbranched alkanes of at least 4 members (excludes halogenated alkanes) is 1. The predicted octanol–water partition coefficient (Wildman–Crippen LogP) is 1.37. The average molecular weight is 374 g/mol. The van der Waals surface area contributed by atoms with Crippen molar-refractivity contribution in [2.24, 2.45) is 8.80 Å². The van der Waals surface area contributed by atoms with Crippen LogP contribution in [0.25, 0.3) is 0 Å². The van der Waals surface area contributed by atoms with E-state index < -0.39 is 11.2 Å². The Morgan fingerprint density at radius 1 is 1.43 bits per heavy atom. The molecule has 1 atom stereocenters. The summed E-state index contributed by atoms with van der Waals surface area (Å²) in [4.78, 5) is 4.29. The van der Waals surface area contributed by atoms with Gasteiger partial charge in [0.05, 0.1) is 18.5 Å². The normalized spacial score (nSPS) is 17.3. The van der Waals surface area contributed by atoms with Crippen LogP contribution in [-0.2, 0) is 22.3 Å². The highest BCUT2D eigenvalue weighted by molar-refractivity contribution is 9.10. The number of rotatable bonds is 5. The van der Waals surface area contributed by atoms with Gasteiger partial charge in [0.2, 0.25) is 5.84 Å². The summed E-state index contributed by atoms with van der Waals surface area (Å²) in [6.45, 7) is 0.689. The molecule has 2 rings (SSSR count). The smallest absolute Gasteiger partial charge is 0.271 e. The number of hydrogen-bond acceptors (Lipinski definition) is 5. The van der Waals surface area contributed by atoms with Gasteiger partial charge in [-0.15, -0.1) is 8.80 Å². The minimum atomic E-state index is -1.57. The minimum Gasteiger partial charge on any atom is -0.478 e. The molecule has 21 heavy (non-hydrogen) atoms. The van der Waals surface area contributed by atoms with Crippen LogP contribution >= 0.6 is 15.9 Å². The molecule has 1 aliphatic heterocycles. The van der Waals surface area contributed by atoms with Crippen molar-refractivity contribution in [1.82, 2.24) is 10.3 Å². The highest BCUT2D eigenvalue weighted by atomic mass is 79.9. The zero-order valence-corrected chi connectivity index (χ0v) is 13.9. The van der Waals surface area contributed by atoms with Crippen molar-refractivity contribution in [3.8, 4) is 0 Å². The molecule has 1 aliphatic rings. The summed E-state index contributed by atoms with van der Waals surface area (Å²) in [6.07, 6.45) is 4.39. The first-order valence-corrected chi connectivity index (χ1v) is 8.23. The zero-order valence-electron chi connectivity index (χ0n) is 11.5. The third-order valence-electron chi connectivity index (χ3n) is 2.83. The number of pyridine rings is 1. The lowest BCUT2D eigenvalue weighted by Gasteiger charge is -2.07. The molecule has 9 heteroatoms. The number of aromatic nitrogens is 1. The van der Waals surface area contributed by atoms with Crippen molar-refractivity contribution in [3.63, 3.8) is 0 Å². The number of ether oxygens (including phenoxy) is 1. The Morgan fingerprint density at radius 2 is 2.24 bits per heavy atom. The Kier molecular flexibility index (Phi) is 5.68. The van der Waals surface area contributed by atoms with E-state index in [2.05, 4.69) is 35.0 Å². The Bertz CT molecular complexity index is 605. The fourth-order valence-corrected chi connectivity index (χ4v) is 2.80. The minimum absolute atomic E-state index is 0.284. The first kappa shape index (κ1) is 15.9. The maximum Gasteiger partial charge on any atom is 0.271 e. The van der Waals surface area contributed by atoms with E-state index >= 15 is 0 Å². The van der Waals surface area contributed by atoms with Gasteiger partial charge in [-0.1, -0.05) is 0 Å². The van der Waals surface area contributed by atoms with Crippen molar-refractivity contribution in [2.45, 2.75) is 19.3 Å². The number of halogens is 1. The summed E-state index contributed by atoms with van der Waals surface area (Å²) >= 11 is 1.76. The van der Waals surface area contributed by atoms with Gasteiger partial charge in [-0.2, -0.15) is 0 Å². The monoisotopic (exact) mass is 373 g/mol. The van der Waals surface area contributed by atoms with Crippen LogP contribution in [0.15, 0.2) is 25.5 Å². The van der Waals surface area contributed by atoms with E-state index in [-0.39, 0.29) is 5.90 Å². The number of aryl methyl sites for hydroxylation is 1. The lowest BCUT2D eigenvalue weighted by Crippen LogP contribution is -2.31. The molecule has 1 unspecified atom stereocenters. The van der Waals surface area contributed by atoms with Crippen LogP contribution in [0.2, 0.25) is 0 Å². The predicted molar refractivity (Wildman–Crippen MR) is 87.3 cm³/mol. The fraction of sp³-hybridized carbons (Fsp3) is 0.417. The zero-order chi connectivity index (χ0) is 15.2. The molecule has 7 nitrogen and oxygen atoms in total. The van der Waals surface area contributed by atoms with Crippen LogP contribution in [0.5, 0.6) is 0 Å². The second-order valence-corrected chi connectivity index (χ2v) is 6.09. The van der Waals surface area contributed by atoms with Crippen molar-refractivity contribution >= 4 is 44.5 Å². The largest absolute Gasteiger partial charge is 0.478 e. The Balaban J connectivity index is 1.72. The number of hydrogen-bond donors (Lipinski definition) is 2. The summed E-state index contributed by atoms with van der Waals surface area (Å²) in [5, 5.41) is 3.07. The summed E-state index contributed by atoms with van der Waals surface area (Å²) in [7, 11) is 1.47. The third kappa shape index (κ3) is 4.50. The topological polar surface area (TPSA) is 102 Å². The van der Waals surface area contributed by atoms with Gasteiger partial charge in [-0.05, 0) is 41.3 Å². The fourth-order valence-electron chi connectivity index (χ4n) is 1.81. The molecular formula is C12H16BrN5O2S. The Morgan fingerprint density at radius 3 is 2.95 bits per heavy atom. The molecule has 0 radical (unpaired) electrons. The first-order chi connectivity index (χ1) is 10.1. The molecule has 3 N–H and O–H groups in total. The van der Waals surface area contributed by atoms with Crippen molar-refractivity contribution in [1.29, 1.82) is 0 Å². The van der Waals surface area contributed by atoms with Gasteiger partial charge in [0.15, 0.2) is 0 Å². The van der Waals surface area contributed by atoms with Crippen molar-refractivity contribution in [3.05, 3.63) is 22.4 Å². The number of nitrogens with one attached hydrogen (secondary N) is 1. The number of amidine groups is 1. The second kappa shape index (κ2) is 7.51. The number of anilines is 1. The standard InChI is InChI=1S/C12H16BrN5O2S/c1-20-12-11(17-21(19)18-12)15-5-3-2-4-10-9(14)6-8(13)7-16-10/h6-7H,2-5,14H2,1H3,(H,15,17). The molecule has 1 aromatic heterocycles. The third-order valence-corrected chi connectivity index (χ3v) is 3.92. The number of nitrogens with two attached hydrogens (primary N) is 1. The molecule has 0 bridgehead atoms. The van der Waals surface area contributed by atoms with Crippen LogP contribution in [0.3, 0.4) is 0 Å².